The van der Waals surface area contributed by atoms with Gasteiger partial charge in [-0.05, 0) is 42.4 Å². The first-order valence-electron chi connectivity index (χ1n) is 12.8. The van der Waals surface area contributed by atoms with Crippen molar-refractivity contribution in [1.82, 2.24) is 9.13 Å². The van der Waals surface area contributed by atoms with Crippen LogP contribution < -0.4 is 10.4 Å². The smallest absolute Gasteiger partial charge is 0.449 e. The van der Waals surface area contributed by atoms with Crippen molar-refractivity contribution >= 4 is 6.16 Å². The maximum Gasteiger partial charge on any atom is 0.511 e. The summed E-state index contributed by atoms with van der Waals surface area (Å²) in [5, 5.41) is 9.06. The number of nitrogens with zero attached hydrogens (tertiary/aromatic N) is 2. The van der Waals surface area contributed by atoms with Crippen molar-refractivity contribution in [2.24, 2.45) is 5.92 Å². The second-order valence-corrected chi connectivity index (χ2v) is 9.50. The van der Waals surface area contributed by atoms with Crippen molar-refractivity contribution in [2.75, 3.05) is 14.2 Å². The predicted octanol–water partition coefficient (Wildman–Crippen LogP) is 6.10. The van der Waals surface area contributed by atoms with Gasteiger partial charge in [-0.25, -0.2) is 9.59 Å². The molecule has 200 valence electrons. The van der Waals surface area contributed by atoms with Crippen LogP contribution in [0.4, 0.5) is 4.79 Å². The van der Waals surface area contributed by atoms with Gasteiger partial charge in [-0.1, -0.05) is 69.7 Å². The van der Waals surface area contributed by atoms with Gasteiger partial charge < -0.3 is 19.3 Å². The van der Waals surface area contributed by atoms with E-state index in [-0.39, 0.29) is 11.4 Å². The van der Waals surface area contributed by atoms with Gasteiger partial charge in [0, 0.05) is 32.0 Å². The van der Waals surface area contributed by atoms with Crippen LogP contribution in [-0.2, 0) is 29.0 Å². The molecular weight excluding hydrogens is 472 g/mol. The Balaban J connectivity index is 2.02. The van der Waals surface area contributed by atoms with E-state index in [2.05, 4.69) is 20.8 Å². The molecule has 0 atom stereocenters. The number of benzene rings is 2. The Kier molecular flexibility index (Phi) is 10.1. The minimum Gasteiger partial charge on any atom is -0.449 e. The van der Waals surface area contributed by atoms with Gasteiger partial charge in [0.25, 0.3) is 0 Å². The van der Waals surface area contributed by atoms with Crippen LogP contribution in [0.3, 0.4) is 0 Å². The van der Waals surface area contributed by atoms with Crippen molar-refractivity contribution in [2.45, 2.75) is 65.8 Å². The minimum atomic E-state index is -1.36. The highest BCUT2D eigenvalue weighted by atomic mass is 16.7. The summed E-state index contributed by atoms with van der Waals surface area (Å²) in [4.78, 5) is 24.8. The highest BCUT2D eigenvalue weighted by Crippen LogP contribution is 2.30. The van der Waals surface area contributed by atoms with E-state index < -0.39 is 12.4 Å². The molecule has 1 aromatic heterocycles. The first-order chi connectivity index (χ1) is 17.8. The molecular formula is C29H38N2O6. The number of para-hydroxylation sites is 1. The number of carboxylic acid groups (broad SMARTS) is 1. The third-order valence-electron chi connectivity index (χ3n) is 6.41. The molecule has 0 aliphatic rings. The number of ether oxygens (including phenoxy) is 3. The van der Waals surface area contributed by atoms with E-state index >= 15 is 0 Å². The van der Waals surface area contributed by atoms with E-state index in [0.29, 0.717) is 24.6 Å². The van der Waals surface area contributed by atoms with Crippen LogP contribution in [0.1, 0.15) is 63.3 Å². The molecule has 0 aliphatic heterocycles. The third-order valence-corrected chi connectivity index (χ3v) is 6.41. The van der Waals surface area contributed by atoms with Gasteiger partial charge in [-0.2, -0.15) is 0 Å². The number of aromatic nitrogens is 2. The summed E-state index contributed by atoms with van der Waals surface area (Å²) in [6.45, 7) is 7.46. The molecule has 0 aliphatic carbocycles. The molecule has 0 bridgehead atoms. The van der Waals surface area contributed by atoms with E-state index in [4.69, 9.17) is 19.3 Å². The van der Waals surface area contributed by atoms with Gasteiger partial charge in [0.15, 0.2) is 6.29 Å². The van der Waals surface area contributed by atoms with E-state index in [0.717, 1.165) is 48.2 Å². The summed E-state index contributed by atoms with van der Waals surface area (Å²) in [5.41, 5.74) is 4.13. The first-order valence-corrected chi connectivity index (χ1v) is 12.8. The number of hydrogen-bond acceptors (Lipinski definition) is 5. The Labute approximate surface area is 218 Å². The number of carbonyl (C=O) groups is 1. The lowest BCUT2D eigenvalue weighted by Crippen LogP contribution is -2.26. The zero-order chi connectivity index (χ0) is 26.9. The van der Waals surface area contributed by atoms with Crippen molar-refractivity contribution in [3.63, 3.8) is 0 Å². The van der Waals surface area contributed by atoms with Crippen molar-refractivity contribution < 1.29 is 24.1 Å². The van der Waals surface area contributed by atoms with Gasteiger partial charge in [-0.3, -0.25) is 9.13 Å². The van der Waals surface area contributed by atoms with E-state index in [1.165, 1.54) is 0 Å². The van der Waals surface area contributed by atoms with Crippen molar-refractivity contribution in [1.29, 1.82) is 0 Å². The zero-order valence-electron chi connectivity index (χ0n) is 22.4. The number of rotatable bonds is 13. The maximum atomic E-state index is 13.7. The number of unbranched alkanes of at least 4 members (excludes halogenated alkanes) is 1. The summed E-state index contributed by atoms with van der Waals surface area (Å²) >= 11 is 0. The molecule has 0 fully saturated rings. The highest BCUT2D eigenvalue weighted by Gasteiger charge is 2.26. The van der Waals surface area contributed by atoms with Crippen molar-refractivity contribution in [3.05, 3.63) is 76.0 Å². The Morgan fingerprint density at radius 1 is 1.00 bits per heavy atom. The standard InChI is InChI=1S/C29H38N2O6/c1-6-7-18-30-26(27(35-4)36-5)24(17-12-20(2)3)31(28(30)32)19-21-13-15-22(16-14-21)23-10-8-9-11-25(23)37-29(33)34/h8-11,13-16,20,27H,6-7,12,17-19H2,1-5H3,(H,33,34). The molecule has 0 saturated heterocycles. The van der Waals surface area contributed by atoms with Crippen LogP contribution >= 0.6 is 0 Å². The molecule has 2 aromatic carbocycles. The van der Waals surface area contributed by atoms with E-state index in [1.807, 2.05) is 45.5 Å². The number of imidazole rings is 1. The molecule has 1 heterocycles. The van der Waals surface area contributed by atoms with Crippen LogP contribution in [0.15, 0.2) is 53.3 Å². The largest absolute Gasteiger partial charge is 0.511 e. The van der Waals surface area contributed by atoms with Crippen LogP contribution in [0.2, 0.25) is 0 Å². The van der Waals surface area contributed by atoms with Crippen molar-refractivity contribution in [3.8, 4) is 16.9 Å². The Hall–Kier alpha value is -3.36. The molecule has 0 spiro atoms. The Morgan fingerprint density at radius 3 is 2.27 bits per heavy atom. The topological polar surface area (TPSA) is 91.9 Å². The molecule has 1 N–H and O–H groups in total. The number of methoxy groups -OCH3 is 2. The average Bonchev–Trinajstić information content (AvgIpc) is 3.13. The highest BCUT2D eigenvalue weighted by molar-refractivity contribution is 5.74. The van der Waals surface area contributed by atoms with E-state index in [1.54, 1.807) is 26.4 Å². The lowest BCUT2D eigenvalue weighted by Gasteiger charge is -2.18. The van der Waals surface area contributed by atoms with Gasteiger partial charge in [0.1, 0.15) is 5.75 Å². The lowest BCUT2D eigenvalue weighted by molar-refractivity contribution is -0.111. The molecule has 0 amide bonds. The predicted molar refractivity (Wildman–Crippen MR) is 143 cm³/mol. The zero-order valence-corrected chi connectivity index (χ0v) is 22.4. The second kappa shape index (κ2) is 13.3. The summed E-state index contributed by atoms with van der Waals surface area (Å²) in [6.07, 6.45) is 1.55. The summed E-state index contributed by atoms with van der Waals surface area (Å²) in [7, 11) is 3.19. The third kappa shape index (κ3) is 6.90. The Bertz CT molecular complexity index is 1220. The second-order valence-electron chi connectivity index (χ2n) is 9.50. The quantitative estimate of drug-likeness (QED) is 0.170. The van der Waals surface area contributed by atoms with Gasteiger partial charge >= 0.3 is 11.8 Å². The molecule has 37 heavy (non-hydrogen) atoms. The SMILES string of the molecule is CCCCn1c(C(OC)OC)c(CCC(C)C)n(Cc2ccc(-c3ccccc3OC(=O)O)cc2)c1=O. The average molecular weight is 511 g/mol. The van der Waals surface area contributed by atoms with E-state index in [9.17, 15) is 9.59 Å². The number of hydrogen-bond donors (Lipinski definition) is 1. The van der Waals surface area contributed by atoms with Crippen LogP contribution in [0.25, 0.3) is 11.1 Å². The maximum absolute atomic E-state index is 13.7. The molecule has 8 heteroatoms. The molecule has 8 nitrogen and oxygen atoms in total. The fourth-order valence-electron chi connectivity index (χ4n) is 4.49. The minimum absolute atomic E-state index is 0.0643. The van der Waals surface area contributed by atoms with Crippen LogP contribution in [0, 0.1) is 5.92 Å². The molecule has 3 rings (SSSR count). The summed E-state index contributed by atoms with van der Waals surface area (Å²) in [5.74, 6) is 0.754. The monoisotopic (exact) mass is 510 g/mol. The first kappa shape index (κ1) is 28.2. The molecule has 3 aromatic rings. The van der Waals surface area contributed by atoms with Gasteiger partial charge in [0.05, 0.1) is 12.2 Å². The summed E-state index contributed by atoms with van der Waals surface area (Å²) in [6, 6.07) is 14.8. The summed E-state index contributed by atoms with van der Waals surface area (Å²) < 4.78 is 19.8. The molecule has 0 unspecified atom stereocenters. The fraction of sp³-hybridized carbons (Fsp3) is 0.448. The van der Waals surface area contributed by atoms with Gasteiger partial charge in [0.2, 0.25) is 0 Å². The van der Waals surface area contributed by atoms with Crippen LogP contribution in [-0.4, -0.2) is 34.6 Å². The Morgan fingerprint density at radius 2 is 1.68 bits per heavy atom. The van der Waals surface area contributed by atoms with Gasteiger partial charge in [-0.15, -0.1) is 0 Å². The lowest BCUT2D eigenvalue weighted by atomic mass is 10.0. The normalized spacial score (nSPS) is 11.4. The fourth-order valence-corrected chi connectivity index (χ4v) is 4.49. The molecule has 0 radical (unpaired) electrons. The molecule has 0 saturated carbocycles. The van der Waals surface area contributed by atoms with Crippen LogP contribution in [0.5, 0.6) is 5.75 Å².